The lowest BCUT2D eigenvalue weighted by Crippen LogP contribution is -2.19. The Morgan fingerprint density at radius 2 is 1.59 bits per heavy atom. The summed E-state index contributed by atoms with van der Waals surface area (Å²) in [6.45, 7) is 0.920. The summed E-state index contributed by atoms with van der Waals surface area (Å²) in [5.41, 5.74) is 8.77. The number of fused-ring (bicyclic) bond motifs is 1. The highest BCUT2D eigenvalue weighted by molar-refractivity contribution is 6.30. The van der Waals surface area contributed by atoms with Crippen LogP contribution in [0.3, 0.4) is 0 Å². The Kier molecular flexibility index (Phi) is 6.69. The molecule has 0 aliphatic heterocycles. The quantitative estimate of drug-likeness (QED) is 0.519. The number of hydrogen-bond acceptors (Lipinski definition) is 2. The van der Waals surface area contributed by atoms with Gasteiger partial charge in [0.15, 0.2) is 0 Å². The molecule has 3 aromatic rings. The lowest BCUT2D eigenvalue weighted by Gasteiger charge is -2.26. The van der Waals surface area contributed by atoms with Crippen LogP contribution in [0.1, 0.15) is 23.1 Å². The molecule has 0 fully saturated rings. The summed E-state index contributed by atoms with van der Waals surface area (Å²) in [4.78, 5) is 2.21. The number of nitrogens with zero attached hydrogens (tertiary/aromatic N) is 1. The van der Waals surface area contributed by atoms with Crippen LogP contribution < -0.4 is 0 Å². The van der Waals surface area contributed by atoms with E-state index in [4.69, 9.17) is 11.6 Å². The molecule has 150 valence electrons. The predicted octanol–water partition coefficient (Wildman–Crippen LogP) is 6.44. The smallest absolute Gasteiger partial charge is 0.116 e. The minimum atomic E-state index is 0. The van der Waals surface area contributed by atoms with Crippen molar-refractivity contribution in [2.75, 3.05) is 20.6 Å². The molecular formula is C25H25Cl2NO. The Morgan fingerprint density at radius 1 is 0.862 bits per heavy atom. The zero-order valence-electron chi connectivity index (χ0n) is 16.7. The number of aryl methyl sites for hydroxylation is 1. The van der Waals surface area contributed by atoms with E-state index < -0.39 is 0 Å². The maximum Gasteiger partial charge on any atom is 0.116 e. The van der Waals surface area contributed by atoms with Gasteiger partial charge >= 0.3 is 0 Å². The fraction of sp³-hybridized carbons (Fsp3) is 0.200. The van der Waals surface area contributed by atoms with Crippen molar-refractivity contribution < 1.29 is 5.11 Å². The zero-order valence-corrected chi connectivity index (χ0v) is 18.2. The van der Waals surface area contributed by atoms with Gasteiger partial charge in [0, 0.05) is 11.6 Å². The van der Waals surface area contributed by atoms with E-state index in [1.165, 1.54) is 33.4 Å². The summed E-state index contributed by atoms with van der Waals surface area (Å²) in [5.74, 6) is 0.305. The van der Waals surface area contributed by atoms with E-state index in [1.54, 1.807) is 6.07 Å². The van der Waals surface area contributed by atoms with Gasteiger partial charge in [0.05, 0.1) is 0 Å². The molecule has 0 aromatic heterocycles. The Balaban J connectivity index is 0.00000240. The highest BCUT2D eigenvalue weighted by Crippen LogP contribution is 2.39. The highest BCUT2D eigenvalue weighted by Gasteiger charge is 2.21. The van der Waals surface area contributed by atoms with E-state index in [1.807, 2.05) is 24.3 Å². The van der Waals surface area contributed by atoms with Crippen LogP contribution in [-0.4, -0.2) is 30.6 Å². The molecule has 0 atom stereocenters. The SMILES string of the molecule is CN(C)CC1=C(c2cccc(O)c2)c2ccc(-c3ccc(Cl)cc3)cc2CC1.Cl. The first-order valence-electron chi connectivity index (χ1n) is 9.56. The minimum absolute atomic E-state index is 0. The second-order valence-corrected chi connectivity index (χ2v) is 8.08. The van der Waals surface area contributed by atoms with Crippen LogP contribution >= 0.6 is 24.0 Å². The number of hydrogen-bond donors (Lipinski definition) is 1. The van der Waals surface area contributed by atoms with E-state index in [-0.39, 0.29) is 12.4 Å². The first-order valence-corrected chi connectivity index (χ1v) is 9.94. The third-order valence-corrected chi connectivity index (χ3v) is 5.50. The summed E-state index contributed by atoms with van der Waals surface area (Å²) >= 11 is 6.04. The minimum Gasteiger partial charge on any atom is -0.508 e. The molecule has 0 unspecified atom stereocenters. The van der Waals surface area contributed by atoms with Gasteiger partial charge in [-0.3, -0.25) is 0 Å². The number of likely N-dealkylation sites (N-methyl/N-ethyl adjacent to an activating group) is 1. The molecule has 0 saturated carbocycles. The molecule has 0 radical (unpaired) electrons. The molecule has 1 aliphatic rings. The molecule has 4 heteroatoms. The lowest BCUT2D eigenvalue weighted by molar-refractivity contribution is 0.439. The average Bonchev–Trinajstić information content (AvgIpc) is 2.67. The van der Waals surface area contributed by atoms with Gasteiger partial charge in [-0.25, -0.2) is 0 Å². The number of aromatic hydroxyl groups is 1. The maximum absolute atomic E-state index is 10.0. The number of phenolic OH excluding ortho intramolecular Hbond substituents is 1. The fourth-order valence-electron chi connectivity index (χ4n) is 4.03. The molecule has 3 aromatic carbocycles. The summed E-state index contributed by atoms with van der Waals surface area (Å²) in [6, 6.07) is 22.3. The Morgan fingerprint density at radius 3 is 2.28 bits per heavy atom. The number of halogens is 2. The normalized spacial score (nSPS) is 13.2. The van der Waals surface area contributed by atoms with Gasteiger partial charge in [-0.2, -0.15) is 0 Å². The third-order valence-electron chi connectivity index (χ3n) is 5.24. The Bertz CT molecular complexity index is 1040. The zero-order chi connectivity index (χ0) is 19.7. The molecule has 0 saturated heterocycles. The van der Waals surface area contributed by atoms with Crippen molar-refractivity contribution in [3.05, 3.63) is 94.0 Å². The molecule has 0 bridgehead atoms. The van der Waals surface area contributed by atoms with Crippen LogP contribution in [0.4, 0.5) is 0 Å². The largest absolute Gasteiger partial charge is 0.508 e. The van der Waals surface area contributed by atoms with Crippen molar-refractivity contribution in [1.82, 2.24) is 4.90 Å². The molecule has 0 heterocycles. The Labute approximate surface area is 183 Å². The van der Waals surface area contributed by atoms with E-state index in [2.05, 4.69) is 55.4 Å². The highest BCUT2D eigenvalue weighted by atomic mass is 35.5. The first-order chi connectivity index (χ1) is 13.5. The Hall–Kier alpha value is -2.26. The summed E-state index contributed by atoms with van der Waals surface area (Å²) < 4.78 is 0. The molecule has 2 nitrogen and oxygen atoms in total. The van der Waals surface area contributed by atoms with Crippen molar-refractivity contribution in [2.24, 2.45) is 0 Å². The van der Waals surface area contributed by atoms with Crippen LogP contribution in [0.15, 0.2) is 72.3 Å². The number of benzene rings is 3. The van der Waals surface area contributed by atoms with Gasteiger partial charge in [0.25, 0.3) is 0 Å². The second-order valence-electron chi connectivity index (χ2n) is 7.65. The standard InChI is InChI=1S/C25H24ClNO.ClH/c1-27(2)16-21-7-6-19-14-18(17-8-11-22(26)12-9-17)10-13-24(19)25(21)20-4-3-5-23(28)15-20;/h3-5,8-15,28H,6-7,16H2,1-2H3;1H. The maximum atomic E-state index is 10.0. The monoisotopic (exact) mass is 425 g/mol. The van der Waals surface area contributed by atoms with Gasteiger partial charge in [-0.1, -0.05) is 54.1 Å². The summed E-state index contributed by atoms with van der Waals surface area (Å²) in [7, 11) is 4.21. The van der Waals surface area contributed by atoms with Crippen molar-refractivity contribution in [3.63, 3.8) is 0 Å². The first kappa shape index (κ1) is 21.4. The third kappa shape index (κ3) is 4.67. The van der Waals surface area contributed by atoms with Crippen molar-refractivity contribution in [1.29, 1.82) is 0 Å². The van der Waals surface area contributed by atoms with Crippen LogP contribution in [0.5, 0.6) is 5.75 Å². The summed E-state index contributed by atoms with van der Waals surface area (Å²) in [5, 5.41) is 10.8. The van der Waals surface area contributed by atoms with E-state index in [0.717, 1.165) is 30.0 Å². The van der Waals surface area contributed by atoms with Crippen LogP contribution in [0, 0.1) is 0 Å². The van der Waals surface area contributed by atoms with Crippen molar-refractivity contribution in [3.8, 4) is 16.9 Å². The molecule has 0 spiro atoms. The predicted molar refractivity (Wildman–Crippen MR) is 125 cm³/mol. The topological polar surface area (TPSA) is 23.5 Å². The lowest BCUT2D eigenvalue weighted by atomic mass is 9.81. The number of rotatable bonds is 4. The van der Waals surface area contributed by atoms with Crippen LogP contribution in [0.2, 0.25) is 5.02 Å². The fourth-order valence-corrected chi connectivity index (χ4v) is 4.15. The van der Waals surface area contributed by atoms with Gasteiger partial charge < -0.3 is 10.0 Å². The molecular weight excluding hydrogens is 401 g/mol. The molecule has 4 rings (SSSR count). The van der Waals surface area contributed by atoms with Gasteiger partial charge in [0.1, 0.15) is 5.75 Å². The molecule has 0 amide bonds. The van der Waals surface area contributed by atoms with Crippen molar-refractivity contribution >= 4 is 29.6 Å². The second kappa shape index (κ2) is 9.04. The summed E-state index contributed by atoms with van der Waals surface area (Å²) in [6.07, 6.45) is 2.06. The molecule has 1 N–H and O–H groups in total. The van der Waals surface area contributed by atoms with E-state index in [0.29, 0.717) is 5.75 Å². The van der Waals surface area contributed by atoms with Crippen molar-refractivity contribution in [2.45, 2.75) is 12.8 Å². The van der Waals surface area contributed by atoms with E-state index in [9.17, 15) is 5.11 Å². The molecule has 1 aliphatic carbocycles. The van der Waals surface area contributed by atoms with Gasteiger partial charge in [-0.15, -0.1) is 12.4 Å². The van der Waals surface area contributed by atoms with Gasteiger partial charge in [-0.05, 0) is 90.2 Å². The number of phenols is 1. The van der Waals surface area contributed by atoms with E-state index >= 15 is 0 Å². The molecule has 29 heavy (non-hydrogen) atoms. The van der Waals surface area contributed by atoms with Crippen LogP contribution in [-0.2, 0) is 6.42 Å². The van der Waals surface area contributed by atoms with Gasteiger partial charge in [0.2, 0.25) is 0 Å². The average molecular weight is 426 g/mol. The van der Waals surface area contributed by atoms with Crippen LogP contribution in [0.25, 0.3) is 16.7 Å².